The second-order valence-corrected chi connectivity index (χ2v) is 4.91. The Labute approximate surface area is 98.6 Å². The monoisotopic (exact) mass is 215 g/mol. The van der Waals surface area contributed by atoms with Crippen LogP contribution in [-0.4, -0.2) is 12.6 Å². The Morgan fingerprint density at radius 2 is 2.19 bits per heavy atom. The number of hydrogen-bond donors (Lipinski definition) is 1. The smallest absolute Gasteiger partial charge is 0.0140 e. The normalized spacial score (nSPS) is 16.2. The lowest BCUT2D eigenvalue weighted by atomic mass is 10.1. The van der Waals surface area contributed by atoms with Gasteiger partial charge in [-0.15, -0.1) is 0 Å². The summed E-state index contributed by atoms with van der Waals surface area (Å²) in [6.45, 7) is 5.29. The molecule has 0 saturated heterocycles. The molecule has 1 saturated carbocycles. The third-order valence-electron chi connectivity index (χ3n) is 2.91. The number of rotatable bonds is 5. The fraction of sp³-hybridized carbons (Fsp3) is 0.467. The van der Waals surface area contributed by atoms with Gasteiger partial charge < -0.3 is 5.32 Å². The van der Waals surface area contributed by atoms with Gasteiger partial charge in [-0.05, 0) is 29.9 Å². The number of nitrogens with one attached hydrogen (secondary N) is 1. The van der Waals surface area contributed by atoms with Crippen molar-refractivity contribution in [3.05, 3.63) is 41.5 Å². The summed E-state index contributed by atoms with van der Waals surface area (Å²) < 4.78 is 0. The molecule has 0 heterocycles. The highest BCUT2D eigenvalue weighted by atomic mass is 14.9. The molecule has 1 aliphatic rings. The first-order valence-electron chi connectivity index (χ1n) is 6.25. The first-order valence-corrected chi connectivity index (χ1v) is 6.25. The summed E-state index contributed by atoms with van der Waals surface area (Å²) in [5.74, 6) is 0.849. The molecule has 1 fully saturated rings. The van der Waals surface area contributed by atoms with Gasteiger partial charge in [-0.3, -0.25) is 0 Å². The van der Waals surface area contributed by atoms with Crippen molar-refractivity contribution in [3.63, 3.8) is 0 Å². The third kappa shape index (κ3) is 3.49. The average Bonchev–Trinajstić information content (AvgIpc) is 3.08. The van der Waals surface area contributed by atoms with Crippen molar-refractivity contribution < 1.29 is 0 Å². The Morgan fingerprint density at radius 1 is 1.38 bits per heavy atom. The van der Waals surface area contributed by atoms with Crippen molar-refractivity contribution in [2.75, 3.05) is 6.54 Å². The molecule has 0 bridgehead atoms. The van der Waals surface area contributed by atoms with E-state index in [1.807, 2.05) is 0 Å². The van der Waals surface area contributed by atoms with E-state index in [-0.39, 0.29) is 0 Å². The van der Waals surface area contributed by atoms with E-state index < -0.39 is 0 Å². The van der Waals surface area contributed by atoms with Gasteiger partial charge in [0.25, 0.3) is 0 Å². The summed E-state index contributed by atoms with van der Waals surface area (Å²) in [7, 11) is 0. The van der Waals surface area contributed by atoms with E-state index in [0.717, 1.165) is 12.5 Å². The molecule has 1 N–H and O–H groups in total. The minimum atomic E-state index is 0.558. The zero-order chi connectivity index (χ0) is 11.4. The molecule has 1 aliphatic carbocycles. The fourth-order valence-corrected chi connectivity index (χ4v) is 1.83. The molecule has 0 spiro atoms. The summed E-state index contributed by atoms with van der Waals surface area (Å²) in [4.78, 5) is 0. The Morgan fingerprint density at radius 3 is 2.88 bits per heavy atom. The zero-order valence-electron chi connectivity index (χ0n) is 10.2. The maximum absolute atomic E-state index is 3.38. The first kappa shape index (κ1) is 11.4. The van der Waals surface area contributed by atoms with Gasteiger partial charge >= 0.3 is 0 Å². The highest BCUT2D eigenvalue weighted by molar-refractivity contribution is 5.51. The first-order chi connectivity index (χ1) is 7.75. The van der Waals surface area contributed by atoms with E-state index in [0.29, 0.717) is 6.04 Å². The van der Waals surface area contributed by atoms with Crippen LogP contribution in [0.15, 0.2) is 30.3 Å². The summed E-state index contributed by atoms with van der Waals surface area (Å²) in [6.07, 6.45) is 7.16. The number of hydrogen-bond acceptors (Lipinski definition) is 1. The van der Waals surface area contributed by atoms with E-state index >= 15 is 0 Å². The van der Waals surface area contributed by atoms with Gasteiger partial charge in [0.15, 0.2) is 0 Å². The molecule has 0 atom stereocenters. The van der Waals surface area contributed by atoms with Gasteiger partial charge in [0, 0.05) is 12.6 Å². The van der Waals surface area contributed by atoms with E-state index in [1.165, 1.54) is 24.0 Å². The molecule has 1 aromatic rings. The third-order valence-corrected chi connectivity index (χ3v) is 2.91. The topological polar surface area (TPSA) is 12.0 Å². The van der Waals surface area contributed by atoms with Gasteiger partial charge in [0.2, 0.25) is 0 Å². The second-order valence-electron chi connectivity index (χ2n) is 4.91. The fourth-order valence-electron chi connectivity index (χ4n) is 1.83. The largest absolute Gasteiger partial charge is 0.311 e. The summed E-state index contributed by atoms with van der Waals surface area (Å²) >= 11 is 0. The van der Waals surface area contributed by atoms with Gasteiger partial charge in [-0.2, -0.15) is 0 Å². The molecule has 0 radical (unpaired) electrons. The molecule has 0 unspecified atom stereocenters. The van der Waals surface area contributed by atoms with E-state index in [2.05, 4.69) is 55.6 Å². The average molecular weight is 215 g/mol. The van der Waals surface area contributed by atoms with Gasteiger partial charge in [0.1, 0.15) is 0 Å². The molecule has 1 heteroatoms. The highest BCUT2D eigenvalue weighted by Gasteiger charge is 2.22. The standard InChI is InChI=1S/C15H21N/c1-12(2)16-10-4-6-13-5-3-7-15(11-13)14-8-9-14/h3-7,11-12,14,16H,8-10H2,1-2H3. The summed E-state index contributed by atoms with van der Waals surface area (Å²) in [6, 6.07) is 9.48. The molecular weight excluding hydrogens is 194 g/mol. The van der Waals surface area contributed by atoms with Gasteiger partial charge in [0.05, 0.1) is 0 Å². The van der Waals surface area contributed by atoms with E-state index in [4.69, 9.17) is 0 Å². The van der Waals surface area contributed by atoms with E-state index in [9.17, 15) is 0 Å². The van der Waals surface area contributed by atoms with E-state index in [1.54, 1.807) is 0 Å². The van der Waals surface area contributed by atoms with Crippen LogP contribution < -0.4 is 5.32 Å². The molecule has 0 amide bonds. The predicted molar refractivity (Wildman–Crippen MR) is 70.6 cm³/mol. The Bertz CT molecular complexity index is 361. The van der Waals surface area contributed by atoms with Crippen LogP contribution in [0.25, 0.3) is 6.08 Å². The van der Waals surface area contributed by atoms with Crippen LogP contribution in [0.5, 0.6) is 0 Å². The van der Waals surface area contributed by atoms with Crippen molar-refractivity contribution in [1.82, 2.24) is 5.32 Å². The van der Waals surface area contributed by atoms with Crippen LogP contribution >= 0.6 is 0 Å². The van der Waals surface area contributed by atoms with Crippen LogP contribution in [-0.2, 0) is 0 Å². The molecule has 0 aromatic heterocycles. The molecule has 1 aromatic carbocycles. The predicted octanol–water partition coefficient (Wildman–Crippen LogP) is 3.58. The highest BCUT2D eigenvalue weighted by Crippen LogP contribution is 2.40. The molecule has 1 nitrogen and oxygen atoms in total. The van der Waals surface area contributed by atoms with Crippen LogP contribution in [0.4, 0.5) is 0 Å². The lowest BCUT2D eigenvalue weighted by Crippen LogP contribution is -2.22. The molecule has 16 heavy (non-hydrogen) atoms. The maximum atomic E-state index is 3.38. The lowest BCUT2D eigenvalue weighted by molar-refractivity contribution is 0.633. The van der Waals surface area contributed by atoms with Crippen molar-refractivity contribution >= 4 is 6.08 Å². The molecule has 2 rings (SSSR count). The molecule has 0 aliphatic heterocycles. The van der Waals surface area contributed by atoms with Crippen molar-refractivity contribution in [2.24, 2.45) is 0 Å². The maximum Gasteiger partial charge on any atom is 0.0140 e. The second kappa shape index (κ2) is 5.31. The van der Waals surface area contributed by atoms with Gasteiger partial charge in [-0.25, -0.2) is 0 Å². The van der Waals surface area contributed by atoms with Crippen molar-refractivity contribution in [2.45, 2.75) is 38.6 Å². The Balaban J connectivity index is 1.90. The van der Waals surface area contributed by atoms with Gasteiger partial charge in [-0.1, -0.05) is 50.3 Å². The molecular formula is C15H21N. The molecule has 86 valence electrons. The lowest BCUT2D eigenvalue weighted by Gasteiger charge is -2.04. The SMILES string of the molecule is CC(C)NCC=Cc1cccc(C2CC2)c1. The quantitative estimate of drug-likeness (QED) is 0.791. The van der Waals surface area contributed by atoms with Crippen LogP contribution in [0.3, 0.4) is 0 Å². The summed E-state index contributed by atoms with van der Waals surface area (Å²) in [5.41, 5.74) is 2.84. The zero-order valence-corrected chi connectivity index (χ0v) is 10.2. The Hall–Kier alpha value is -1.08. The van der Waals surface area contributed by atoms with Crippen molar-refractivity contribution in [1.29, 1.82) is 0 Å². The Kier molecular flexibility index (Phi) is 3.79. The summed E-state index contributed by atoms with van der Waals surface area (Å²) in [5, 5.41) is 3.38. The minimum absolute atomic E-state index is 0.558. The van der Waals surface area contributed by atoms with Crippen LogP contribution in [0.1, 0.15) is 43.7 Å². The van der Waals surface area contributed by atoms with Crippen LogP contribution in [0, 0.1) is 0 Å². The van der Waals surface area contributed by atoms with Crippen LogP contribution in [0.2, 0.25) is 0 Å². The number of benzene rings is 1. The minimum Gasteiger partial charge on any atom is -0.311 e. The van der Waals surface area contributed by atoms with Crippen molar-refractivity contribution in [3.8, 4) is 0 Å².